The minimum absolute atomic E-state index is 0.200. The minimum atomic E-state index is -3.39. The summed E-state index contributed by atoms with van der Waals surface area (Å²) < 4.78 is 24.8. The summed E-state index contributed by atoms with van der Waals surface area (Å²) in [7, 11) is 3.58. The highest BCUT2D eigenvalue weighted by Crippen LogP contribution is 2.13. The van der Waals surface area contributed by atoms with E-state index < -0.39 is 10.0 Å². The number of hydrogen-bond donors (Lipinski definition) is 1. The zero-order valence-corrected chi connectivity index (χ0v) is 12.0. The van der Waals surface area contributed by atoms with E-state index in [0.29, 0.717) is 5.82 Å². The van der Waals surface area contributed by atoms with Crippen LogP contribution in [-0.2, 0) is 10.0 Å². The fourth-order valence-electron chi connectivity index (χ4n) is 1.26. The first-order chi connectivity index (χ1) is 8.34. The van der Waals surface area contributed by atoms with Crippen molar-refractivity contribution in [2.75, 3.05) is 46.6 Å². The molecule has 1 aromatic rings. The van der Waals surface area contributed by atoms with E-state index in [4.69, 9.17) is 0 Å². The van der Waals surface area contributed by atoms with E-state index in [9.17, 15) is 8.42 Å². The van der Waals surface area contributed by atoms with Crippen LogP contribution in [-0.4, -0.2) is 63.9 Å². The molecule has 0 bridgehead atoms. The van der Waals surface area contributed by atoms with Gasteiger partial charge in [0.25, 0.3) is 0 Å². The van der Waals surface area contributed by atoms with Crippen molar-refractivity contribution < 1.29 is 8.42 Å². The van der Waals surface area contributed by atoms with Gasteiger partial charge in [0.15, 0.2) is 0 Å². The second-order valence-electron chi connectivity index (χ2n) is 4.40. The van der Waals surface area contributed by atoms with Crippen LogP contribution in [0, 0.1) is 0 Å². The maximum Gasteiger partial charge on any atom is 0.244 e. The van der Waals surface area contributed by atoms with Gasteiger partial charge in [-0.15, -0.1) is 0 Å². The summed E-state index contributed by atoms with van der Waals surface area (Å²) in [6, 6.07) is 3.23. The number of sulfonamides is 1. The molecule has 0 unspecified atom stereocenters. The van der Waals surface area contributed by atoms with Gasteiger partial charge in [0.05, 0.1) is 0 Å². The monoisotopic (exact) mass is 272 g/mol. The Morgan fingerprint density at radius 1 is 1.22 bits per heavy atom. The molecule has 1 aromatic heterocycles. The molecule has 1 N–H and O–H groups in total. The van der Waals surface area contributed by atoms with Gasteiger partial charge in [-0.25, -0.2) is 17.7 Å². The van der Waals surface area contributed by atoms with E-state index in [2.05, 4.69) is 15.2 Å². The standard InChI is InChI=1S/C11H20N4O2S/c1-14(2)8-7-12-11-6-5-10(9-13-11)18(16,17)15(3)4/h5-6,9H,7-8H2,1-4H3,(H,12,13). The Morgan fingerprint density at radius 2 is 1.89 bits per heavy atom. The first-order valence-corrected chi connectivity index (χ1v) is 7.05. The Hall–Kier alpha value is -1.18. The topological polar surface area (TPSA) is 65.5 Å². The summed E-state index contributed by atoms with van der Waals surface area (Å²) in [5.41, 5.74) is 0. The lowest BCUT2D eigenvalue weighted by atomic mass is 10.4. The second kappa shape index (κ2) is 6.12. The third kappa shape index (κ3) is 3.94. The SMILES string of the molecule is CN(C)CCNc1ccc(S(=O)(=O)N(C)C)cn1. The molecule has 102 valence electrons. The van der Waals surface area contributed by atoms with Crippen LogP contribution in [0.3, 0.4) is 0 Å². The summed E-state index contributed by atoms with van der Waals surface area (Å²) in [4.78, 5) is 6.34. The van der Waals surface area contributed by atoms with Crippen molar-refractivity contribution in [2.24, 2.45) is 0 Å². The fraction of sp³-hybridized carbons (Fsp3) is 0.545. The number of anilines is 1. The molecule has 0 aromatic carbocycles. The number of pyridine rings is 1. The Labute approximate surface area is 109 Å². The van der Waals surface area contributed by atoms with Crippen LogP contribution in [0.25, 0.3) is 0 Å². The highest BCUT2D eigenvalue weighted by Gasteiger charge is 2.17. The van der Waals surface area contributed by atoms with E-state index >= 15 is 0 Å². The number of nitrogens with one attached hydrogen (secondary N) is 1. The third-order valence-electron chi connectivity index (χ3n) is 2.38. The van der Waals surface area contributed by atoms with Crippen molar-refractivity contribution in [3.8, 4) is 0 Å². The van der Waals surface area contributed by atoms with Crippen molar-refractivity contribution in [3.63, 3.8) is 0 Å². The molecule has 6 nitrogen and oxygen atoms in total. The van der Waals surface area contributed by atoms with Gasteiger partial charge in [0.1, 0.15) is 10.7 Å². The maximum atomic E-state index is 11.8. The number of aromatic nitrogens is 1. The predicted octanol–water partition coefficient (Wildman–Crippen LogP) is 0.305. The van der Waals surface area contributed by atoms with Gasteiger partial charge in [0, 0.05) is 33.4 Å². The molecule has 0 saturated heterocycles. The summed E-state index contributed by atoms with van der Waals surface area (Å²) in [6.07, 6.45) is 1.37. The second-order valence-corrected chi connectivity index (χ2v) is 6.55. The van der Waals surface area contributed by atoms with Crippen LogP contribution in [0.2, 0.25) is 0 Å². The average molecular weight is 272 g/mol. The Kier molecular flexibility index (Phi) is 5.06. The molecule has 1 heterocycles. The predicted molar refractivity (Wildman–Crippen MR) is 72.2 cm³/mol. The molecule has 18 heavy (non-hydrogen) atoms. The molecule has 0 amide bonds. The van der Waals surface area contributed by atoms with Gasteiger partial charge in [0.2, 0.25) is 10.0 Å². The normalized spacial score (nSPS) is 12.1. The van der Waals surface area contributed by atoms with Crippen LogP contribution in [0.15, 0.2) is 23.2 Å². The van der Waals surface area contributed by atoms with Gasteiger partial charge >= 0.3 is 0 Å². The van der Waals surface area contributed by atoms with Gasteiger partial charge in [-0.1, -0.05) is 0 Å². The highest BCUT2D eigenvalue weighted by molar-refractivity contribution is 7.89. The highest BCUT2D eigenvalue weighted by atomic mass is 32.2. The first-order valence-electron chi connectivity index (χ1n) is 5.61. The van der Waals surface area contributed by atoms with Crippen molar-refractivity contribution >= 4 is 15.8 Å². The molecule has 1 rings (SSSR count). The summed E-state index contributed by atoms with van der Waals surface area (Å²) in [5, 5.41) is 3.12. The van der Waals surface area contributed by atoms with E-state index in [1.165, 1.54) is 24.6 Å². The lowest BCUT2D eigenvalue weighted by molar-refractivity contribution is 0.425. The summed E-state index contributed by atoms with van der Waals surface area (Å²) in [6.45, 7) is 1.65. The zero-order chi connectivity index (χ0) is 13.8. The molecule has 0 spiro atoms. The Balaban J connectivity index is 2.69. The molecule has 0 atom stereocenters. The molecule has 0 radical (unpaired) electrons. The molecule has 0 aliphatic rings. The largest absolute Gasteiger partial charge is 0.369 e. The van der Waals surface area contributed by atoms with Crippen LogP contribution < -0.4 is 5.32 Å². The van der Waals surface area contributed by atoms with Crippen molar-refractivity contribution in [1.82, 2.24) is 14.2 Å². The van der Waals surface area contributed by atoms with Gasteiger partial charge < -0.3 is 10.2 Å². The molecule has 0 fully saturated rings. The molecular formula is C11H20N4O2S. The fourth-order valence-corrected chi connectivity index (χ4v) is 2.10. The van der Waals surface area contributed by atoms with Crippen LogP contribution in [0.5, 0.6) is 0 Å². The minimum Gasteiger partial charge on any atom is -0.369 e. The van der Waals surface area contributed by atoms with Gasteiger partial charge in [-0.05, 0) is 26.2 Å². The Bertz CT molecular complexity index is 468. The van der Waals surface area contributed by atoms with E-state index in [-0.39, 0.29) is 4.90 Å². The smallest absolute Gasteiger partial charge is 0.244 e. The van der Waals surface area contributed by atoms with Crippen molar-refractivity contribution in [3.05, 3.63) is 18.3 Å². The lowest BCUT2D eigenvalue weighted by Gasteiger charge is -2.12. The van der Waals surface area contributed by atoms with Gasteiger partial charge in [-0.3, -0.25) is 0 Å². The number of hydrogen-bond acceptors (Lipinski definition) is 5. The third-order valence-corrected chi connectivity index (χ3v) is 4.18. The van der Waals surface area contributed by atoms with Gasteiger partial charge in [-0.2, -0.15) is 0 Å². The zero-order valence-electron chi connectivity index (χ0n) is 11.2. The molecular weight excluding hydrogens is 252 g/mol. The quantitative estimate of drug-likeness (QED) is 0.807. The first kappa shape index (κ1) is 14.9. The summed E-state index contributed by atoms with van der Waals surface area (Å²) >= 11 is 0. The maximum absolute atomic E-state index is 11.8. The molecule has 0 aliphatic carbocycles. The average Bonchev–Trinajstić information content (AvgIpc) is 2.29. The lowest BCUT2D eigenvalue weighted by Crippen LogP contribution is -2.23. The van der Waals surface area contributed by atoms with Crippen LogP contribution in [0.4, 0.5) is 5.82 Å². The van der Waals surface area contributed by atoms with Crippen molar-refractivity contribution in [1.29, 1.82) is 0 Å². The number of nitrogens with zero attached hydrogens (tertiary/aromatic N) is 3. The van der Waals surface area contributed by atoms with Crippen LogP contribution in [0.1, 0.15) is 0 Å². The summed E-state index contributed by atoms with van der Waals surface area (Å²) in [5.74, 6) is 0.676. The van der Waals surface area contributed by atoms with Crippen molar-refractivity contribution in [2.45, 2.75) is 4.90 Å². The van der Waals surface area contributed by atoms with E-state index in [0.717, 1.165) is 13.1 Å². The number of rotatable bonds is 6. The number of likely N-dealkylation sites (N-methyl/N-ethyl adjacent to an activating group) is 1. The van der Waals surface area contributed by atoms with E-state index in [1.54, 1.807) is 12.1 Å². The van der Waals surface area contributed by atoms with E-state index in [1.807, 2.05) is 14.1 Å². The molecule has 0 aliphatic heterocycles. The van der Waals surface area contributed by atoms with Crippen LogP contribution >= 0.6 is 0 Å². The molecule has 7 heteroatoms. The Morgan fingerprint density at radius 3 is 2.33 bits per heavy atom. The molecule has 0 saturated carbocycles.